The first-order chi connectivity index (χ1) is 13.0. The summed E-state index contributed by atoms with van der Waals surface area (Å²) in [6.07, 6.45) is 4.82. The van der Waals surface area contributed by atoms with Crippen LogP contribution in [0.15, 0.2) is 47.6 Å². The maximum absolute atomic E-state index is 12.7. The number of methoxy groups -OCH3 is 1. The highest BCUT2D eigenvalue weighted by Crippen LogP contribution is 2.22. The summed E-state index contributed by atoms with van der Waals surface area (Å²) in [5, 5.41) is 2.71. The molecule has 8 nitrogen and oxygen atoms in total. The van der Waals surface area contributed by atoms with Crippen molar-refractivity contribution in [2.24, 2.45) is 5.73 Å². The van der Waals surface area contributed by atoms with Crippen molar-refractivity contribution < 1.29 is 22.7 Å². The molecule has 0 saturated carbocycles. The molecule has 28 heavy (non-hydrogen) atoms. The molecule has 0 spiro atoms. The highest BCUT2D eigenvalue weighted by atomic mass is 32.2. The van der Waals surface area contributed by atoms with E-state index < -0.39 is 21.3 Å². The minimum atomic E-state index is -3.33. The highest BCUT2D eigenvalue weighted by molar-refractivity contribution is 7.90. The minimum Gasteiger partial charge on any atom is -0.469 e. The molecule has 0 aliphatic heterocycles. The number of carbonyl (C=O) groups excluding carboxylic acids is 2. The molecule has 2 rings (SSSR count). The quantitative estimate of drug-likeness (QED) is 0.666. The summed E-state index contributed by atoms with van der Waals surface area (Å²) in [6, 6.07) is 7.56. The molecule has 3 N–H and O–H groups in total. The molecule has 0 aliphatic rings. The normalized spacial score (nSPS) is 13.4. The van der Waals surface area contributed by atoms with Crippen molar-refractivity contribution in [2.45, 2.75) is 30.2 Å². The number of nitrogens with one attached hydrogen (secondary N) is 1. The molecule has 0 saturated heterocycles. The topological polar surface area (TPSA) is 128 Å². The zero-order valence-electron chi connectivity index (χ0n) is 15.9. The second kappa shape index (κ2) is 8.49. The monoisotopic (exact) mass is 405 g/mol. The van der Waals surface area contributed by atoms with Crippen molar-refractivity contribution in [3.8, 4) is 0 Å². The van der Waals surface area contributed by atoms with Gasteiger partial charge in [0.1, 0.15) is 5.54 Å². The lowest BCUT2D eigenvalue weighted by Gasteiger charge is -2.24. The summed E-state index contributed by atoms with van der Waals surface area (Å²) >= 11 is 0. The predicted octanol–water partition coefficient (Wildman–Crippen LogP) is 1.40. The predicted molar refractivity (Wildman–Crippen MR) is 104 cm³/mol. The number of pyridine rings is 1. The van der Waals surface area contributed by atoms with Gasteiger partial charge in [-0.2, -0.15) is 0 Å². The summed E-state index contributed by atoms with van der Waals surface area (Å²) in [4.78, 5) is 28.1. The minimum absolute atomic E-state index is 0.148. The molecule has 0 fully saturated rings. The van der Waals surface area contributed by atoms with Crippen LogP contribution in [0.3, 0.4) is 0 Å². The summed E-state index contributed by atoms with van der Waals surface area (Å²) in [6.45, 7) is 1.53. The molecule has 1 unspecified atom stereocenters. The van der Waals surface area contributed by atoms with Crippen molar-refractivity contribution in [2.75, 3.05) is 18.7 Å². The number of esters is 1. The fourth-order valence-electron chi connectivity index (χ4n) is 2.48. The zero-order valence-corrected chi connectivity index (χ0v) is 16.7. The highest BCUT2D eigenvalue weighted by Gasteiger charge is 2.31. The van der Waals surface area contributed by atoms with E-state index in [1.807, 2.05) is 0 Å². The first-order valence-electron chi connectivity index (χ1n) is 8.45. The summed E-state index contributed by atoms with van der Waals surface area (Å²) < 4.78 is 27.7. The van der Waals surface area contributed by atoms with Gasteiger partial charge in [0, 0.05) is 18.9 Å². The third-order valence-electron chi connectivity index (χ3n) is 4.25. The smallest absolute Gasteiger partial charge is 0.305 e. The van der Waals surface area contributed by atoms with Gasteiger partial charge in [0.2, 0.25) is 5.91 Å². The third kappa shape index (κ3) is 5.37. The second-order valence-corrected chi connectivity index (χ2v) is 8.63. The average Bonchev–Trinajstić information content (AvgIpc) is 2.65. The Kier molecular flexibility index (Phi) is 6.52. The van der Waals surface area contributed by atoms with Crippen LogP contribution in [0.2, 0.25) is 0 Å². The first-order valence-corrected chi connectivity index (χ1v) is 10.3. The van der Waals surface area contributed by atoms with Gasteiger partial charge >= 0.3 is 5.97 Å². The largest absolute Gasteiger partial charge is 0.469 e. The van der Waals surface area contributed by atoms with Gasteiger partial charge in [-0.25, -0.2) is 8.42 Å². The van der Waals surface area contributed by atoms with Gasteiger partial charge in [-0.05, 0) is 42.7 Å². The number of ether oxygens (including phenoxy) is 1. The van der Waals surface area contributed by atoms with Crippen LogP contribution in [0, 0.1) is 0 Å². The van der Waals surface area contributed by atoms with Crippen LogP contribution in [-0.2, 0) is 36.1 Å². The zero-order chi connectivity index (χ0) is 20.9. The van der Waals surface area contributed by atoms with Crippen molar-refractivity contribution in [1.82, 2.24) is 4.98 Å². The van der Waals surface area contributed by atoms with Crippen LogP contribution >= 0.6 is 0 Å². The van der Waals surface area contributed by atoms with Crippen LogP contribution < -0.4 is 11.1 Å². The Morgan fingerprint density at radius 1 is 1.21 bits per heavy atom. The Labute approximate surface area is 164 Å². The Morgan fingerprint density at radius 3 is 2.43 bits per heavy atom. The summed E-state index contributed by atoms with van der Waals surface area (Å²) in [5.41, 5.74) is 6.48. The van der Waals surface area contributed by atoms with Crippen LogP contribution in [0.1, 0.15) is 24.5 Å². The summed E-state index contributed by atoms with van der Waals surface area (Å²) in [7, 11) is -2.01. The van der Waals surface area contributed by atoms with Crippen LogP contribution in [0.4, 0.5) is 5.69 Å². The van der Waals surface area contributed by atoms with E-state index in [2.05, 4.69) is 15.0 Å². The molecule has 1 amide bonds. The number of rotatable bonds is 7. The molecule has 2 aromatic rings. The molecule has 1 heterocycles. The molecule has 0 bridgehead atoms. The maximum Gasteiger partial charge on any atom is 0.305 e. The number of aryl methyl sites for hydroxylation is 1. The Hall–Kier alpha value is -2.78. The van der Waals surface area contributed by atoms with Gasteiger partial charge in [-0.1, -0.05) is 12.1 Å². The Morgan fingerprint density at radius 2 is 1.86 bits per heavy atom. The fourth-order valence-corrected chi connectivity index (χ4v) is 3.11. The SMILES string of the molecule is COC(=O)CCc1cncc(NC(=O)C(C)(N)c2ccc(S(C)(=O)=O)cc2)c1. The van der Waals surface area contributed by atoms with E-state index in [0.29, 0.717) is 17.7 Å². The standard InChI is InChI=1S/C19H23N3O5S/c1-19(20,14-5-7-16(8-6-14)28(3,25)26)18(24)22-15-10-13(11-21-12-15)4-9-17(23)27-2/h5-8,10-12H,4,9,20H2,1-3H3,(H,22,24). The Bertz CT molecular complexity index is 969. The lowest BCUT2D eigenvalue weighted by molar-refractivity contribution is -0.140. The maximum atomic E-state index is 12.7. The number of nitrogens with two attached hydrogens (primary N) is 1. The summed E-state index contributed by atoms with van der Waals surface area (Å²) in [5.74, 6) is -0.812. The van der Waals surface area contributed by atoms with E-state index in [1.54, 1.807) is 12.3 Å². The van der Waals surface area contributed by atoms with Crippen LogP contribution in [-0.4, -0.2) is 38.6 Å². The van der Waals surface area contributed by atoms with E-state index in [4.69, 9.17) is 5.73 Å². The van der Waals surface area contributed by atoms with E-state index in [1.165, 1.54) is 44.5 Å². The molecule has 1 aromatic heterocycles. The van der Waals surface area contributed by atoms with Gasteiger partial charge in [-0.3, -0.25) is 14.6 Å². The molecular formula is C19H23N3O5S. The molecule has 0 aliphatic carbocycles. The fraction of sp³-hybridized carbons (Fsp3) is 0.316. The van der Waals surface area contributed by atoms with E-state index in [0.717, 1.165) is 11.8 Å². The average molecular weight is 405 g/mol. The van der Waals surface area contributed by atoms with Gasteiger partial charge < -0.3 is 15.8 Å². The van der Waals surface area contributed by atoms with Crippen molar-refractivity contribution in [3.63, 3.8) is 0 Å². The number of aromatic nitrogens is 1. The van der Waals surface area contributed by atoms with Gasteiger partial charge in [0.05, 0.1) is 23.9 Å². The van der Waals surface area contributed by atoms with Crippen molar-refractivity contribution in [1.29, 1.82) is 0 Å². The van der Waals surface area contributed by atoms with Crippen molar-refractivity contribution >= 4 is 27.4 Å². The second-order valence-electron chi connectivity index (χ2n) is 6.61. The van der Waals surface area contributed by atoms with E-state index in [9.17, 15) is 18.0 Å². The van der Waals surface area contributed by atoms with Gasteiger partial charge in [-0.15, -0.1) is 0 Å². The van der Waals surface area contributed by atoms with Gasteiger partial charge in [0.25, 0.3) is 0 Å². The van der Waals surface area contributed by atoms with Crippen LogP contribution in [0.5, 0.6) is 0 Å². The molecule has 1 atom stereocenters. The molecular weight excluding hydrogens is 382 g/mol. The number of sulfone groups is 1. The lowest BCUT2D eigenvalue weighted by atomic mass is 9.92. The number of nitrogens with zero attached hydrogens (tertiary/aromatic N) is 1. The van der Waals surface area contributed by atoms with Gasteiger partial charge in [0.15, 0.2) is 9.84 Å². The molecule has 0 radical (unpaired) electrons. The molecule has 1 aromatic carbocycles. The number of carbonyl (C=O) groups is 2. The number of benzene rings is 1. The van der Waals surface area contributed by atoms with Crippen LogP contribution in [0.25, 0.3) is 0 Å². The van der Waals surface area contributed by atoms with E-state index in [-0.39, 0.29) is 17.3 Å². The number of hydrogen-bond acceptors (Lipinski definition) is 7. The first kappa shape index (κ1) is 21.5. The number of hydrogen-bond donors (Lipinski definition) is 2. The lowest BCUT2D eigenvalue weighted by Crippen LogP contribution is -2.45. The number of anilines is 1. The Balaban J connectivity index is 2.13. The number of amides is 1. The molecule has 9 heteroatoms. The van der Waals surface area contributed by atoms with Crippen molar-refractivity contribution in [3.05, 3.63) is 53.9 Å². The third-order valence-corrected chi connectivity index (χ3v) is 5.38. The molecule has 150 valence electrons. The van der Waals surface area contributed by atoms with E-state index >= 15 is 0 Å².